The number of fused-ring (bicyclic) bond motifs is 2. The number of amides is 1. The predicted molar refractivity (Wildman–Crippen MR) is 159 cm³/mol. The van der Waals surface area contributed by atoms with Gasteiger partial charge in [0.15, 0.2) is 17.2 Å². The lowest BCUT2D eigenvalue weighted by Gasteiger charge is -2.20. The number of nitrogens with zero attached hydrogens (tertiary/aromatic N) is 2. The summed E-state index contributed by atoms with van der Waals surface area (Å²) in [6.07, 6.45) is 7.64. The number of benzene rings is 3. The molecule has 0 saturated carbocycles. The molecule has 2 N–H and O–H groups in total. The molecule has 2 heterocycles. The van der Waals surface area contributed by atoms with Crippen molar-refractivity contribution in [3.05, 3.63) is 60.2 Å². The number of rotatable bonds is 13. The van der Waals surface area contributed by atoms with Crippen LogP contribution in [0.5, 0.6) is 34.5 Å². The van der Waals surface area contributed by atoms with Gasteiger partial charge in [0.25, 0.3) is 5.91 Å². The molecular formula is C32H37N3O6. The smallest absolute Gasteiger partial charge is 0.256 e. The third-order valence-corrected chi connectivity index (χ3v) is 7.30. The molecule has 0 radical (unpaired) electrons. The highest BCUT2D eigenvalue weighted by Gasteiger charge is 2.32. The third-order valence-electron chi connectivity index (χ3n) is 7.30. The van der Waals surface area contributed by atoms with Crippen LogP contribution in [0.15, 0.2) is 59.6 Å². The summed E-state index contributed by atoms with van der Waals surface area (Å²) in [7, 11) is 3.21. The highest BCUT2D eigenvalue weighted by molar-refractivity contribution is 6.03. The molecule has 216 valence electrons. The minimum absolute atomic E-state index is 0.00651. The van der Waals surface area contributed by atoms with Gasteiger partial charge in [-0.2, -0.15) is 0 Å². The van der Waals surface area contributed by atoms with Gasteiger partial charge in [0.2, 0.25) is 0 Å². The Morgan fingerprint density at radius 2 is 1.56 bits per heavy atom. The van der Waals surface area contributed by atoms with Gasteiger partial charge >= 0.3 is 0 Å². The summed E-state index contributed by atoms with van der Waals surface area (Å²) in [6.45, 7) is 1.91. The van der Waals surface area contributed by atoms with Crippen molar-refractivity contribution in [2.75, 3.05) is 39.7 Å². The maximum atomic E-state index is 13.0. The largest absolute Gasteiger partial charge is 0.497 e. The highest BCUT2D eigenvalue weighted by atomic mass is 16.5. The standard InChI is InChI=1S/C32H37N3O6/c1-37-23-9-11-24(12-10-23)41-29-18-25(13-14-27(29)33)39-16-5-3-4-6-17-40-31-20-28-26(19-30(31)38-2)32(36)35-15-7-8-22(35)21-34-28/h9-14,18-22H,3-8,15-17,33H2,1-2H3/t22-/m0/s1. The van der Waals surface area contributed by atoms with Crippen molar-refractivity contribution < 1.29 is 28.5 Å². The van der Waals surface area contributed by atoms with E-state index in [0.717, 1.165) is 50.8 Å². The SMILES string of the molecule is COc1ccc(Oc2cc(OCCCCCCOc3cc4c(cc3OC)C(=O)N3CCC[C@H]3C=N4)ccc2N)cc1. The van der Waals surface area contributed by atoms with E-state index < -0.39 is 0 Å². The first-order valence-corrected chi connectivity index (χ1v) is 14.1. The zero-order chi connectivity index (χ0) is 28.6. The minimum atomic E-state index is 0.00651. The van der Waals surface area contributed by atoms with Gasteiger partial charge in [-0.05, 0) is 81.0 Å². The van der Waals surface area contributed by atoms with Gasteiger partial charge in [-0.15, -0.1) is 0 Å². The van der Waals surface area contributed by atoms with Crippen molar-refractivity contribution in [1.29, 1.82) is 0 Å². The molecule has 0 unspecified atom stereocenters. The molecular weight excluding hydrogens is 522 g/mol. The summed E-state index contributed by atoms with van der Waals surface area (Å²) < 4.78 is 28.6. The first-order chi connectivity index (χ1) is 20.1. The number of unbranched alkanes of at least 4 members (excludes halogenated alkanes) is 3. The second-order valence-corrected chi connectivity index (χ2v) is 10.1. The molecule has 5 rings (SSSR count). The Morgan fingerprint density at radius 1 is 0.829 bits per heavy atom. The molecule has 41 heavy (non-hydrogen) atoms. The Hall–Kier alpha value is -4.40. The maximum Gasteiger partial charge on any atom is 0.256 e. The van der Waals surface area contributed by atoms with E-state index in [1.54, 1.807) is 26.4 Å². The van der Waals surface area contributed by atoms with E-state index in [4.69, 9.17) is 29.4 Å². The van der Waals surface area contributed by atoms with E-state index in [2.05, 4.69) is 4.99 Å². The summed E-state index contributed by atoms with van der Waals surface area (Å²) in [5.41, 5.74) is 7.84. The van der Waals surface area contributed by atoms with Gasteiger partial charge in [-0.3, -0.25) is 9.79 Å². The Bertz CT molecular complexity index is 1370. The van der Waals surface area contributed by atoms with Crippen molar-refractivity contribution in [3.8, 4) is 34.5 Å². The lowest BCUT2D eigenvalue weighted by Crippen LogP contribution is -2.35. The van der Waals surface area contributed by atoms with Crippen molar-refractivity contribution in [2.24, 2.45) is 4.99 Å². The lowest BCUT2D eigenvalue weighted by molar-refractivity contribution is 0.0774. The van der Waals surface area contributed by atoms with E-state index in [0.29, 0.717) is 58.9 Å². The number of hydrogen-bond donors (Lipinski definition) is 1. The number of anilines is 1. The molecule has 2 aliphatic heterocycles. The van der Waals surface area contributed by atoms with Crippen LogP contribution in [0, 0.1) is 0 Å². The topological polar surface area (TPSA) is 105 Å². The number of nitrogens with two attached hydrogens (primary N) is 1. The molecule has 1 fully saturated rings. The number of nitrogen functional groups attached to an aromatic ring is 1. The first kappa shape index (κ1) is 28.1. The summed E-state index contributed by atoms with van der Waals surface area (Å²) in [5.74, 6) is 3.86. The molecule has 0 spiro atoms. The molecule has 9 heteroatoms. The molecule has 0 bridgehead atoms. The zero-order valence-corrected chi connectivity index (χ0v) is 23.6. The predicted octanol–water partition coefficient (Wildman–Crippen LogP) is 6.42. The average Bonchev–Trinajstić information content (AvgIpc) is 3.43. The normalized spacial score (nSPS) is 15.6. The van der Waals surface area contributed by atoms with Crippen molar-refractivity contribution in [1.82, 2.24) is 4.90 Å². The molecule has 0 aromatic heterocycles. The van der Waals surface area contributed by atoms with Crippen LogP contribution in [-0.4, -0.2) is 57.0 Å². The number of methoxy groups -OCH3 is 2. The Morgan fingerprint density at radius 3 is 2.32 bits per heavy atom. The van der Waals surface area contributed by atoms with Gasteiger partial charge in [-0.25, -0.2) is 0 Å². The van der Waals surface area contributed by atoms with Gasteiger partial charge in [-0.1, -0.05) is 0 Å². The van der Waals surface area contributed by atoms with Crippen LogP contribution in [0.2, 0.25) is 0 Å². The number of carbonyl (C=O) groups excluding carboxylic acids is 1. The van der Waals surface area contributed by atoms with Crippen LogP contribution in [0.3, 0.4) is 0 Å². The molecule has 1 atom stereocenters. The van der Waals surface area contributed by atoms with Crippen LogP contribution < -0.4 is 29.4 Å². The van der Waals surface area contributed by atoms with Crippen LogP contribution in [0.4, 0.5) is 11.4 Å². The molecule has 3 aromatic rings. The van der Waals surface area contributed by atoms with Crippen molar-refractivity contribution in [2.45, 2.75) is 44.6 Å². The van der Waals surface area contributed by atoms with Crippen LogP contribution in [0.25, 0.3) is 0 Å². The molecule has 3 aromatic carbocycles. The van der Waals surface area contributed by atoms with Crippen LogP contribution in [0.1, 0.15) is 48.9 Å². The summed E-state index contributed by atoms with van der Waals surface area (Å²) >= 11 is 0. The molecule has 0 aliphatic carbocycles. The van der Waals surface area contributed by atoms with E-state index in [9.17, 15) is 4.79 Å². The van der Waals surface area contributed by atoms with Crippen LogP contribution in [-0.2, 0) is 0 Å². The van der Waals surface area contributed by atoms with Crippen molar-refractivity contribution in [3.63, 3.8) is 0 Å². The monoisotopic (exact) mass is 559 g/mol. The first-order valence-electron chi connectivity index (χ1n) is 14.1. The lowest BCUT2D eigenvalue weighted by atomic mass is 10.1. The second-order valence-electron chi connectivity index (χ2n) is 10.1. The van der Waals surface area contributed by atoms with Gasteiger partial charge < -0.3 is 34.3 Å². The highest BCUT2D eigenvalue weighted by Crippen LogP contribution is 2.38. The van der Waals surface area contributed by atoms with Gasteiger partial charge in [0, 0.05) is 24.9 Å². The van der Waals surface area contributed by atoms with Gasteiger partial charge in [0.1, 0.15) is 17.2 Å². The number of hydrogen-bond acceptors (Lipinski definition) is 8. The van der Waals surface area contributed by atoms with E-state index in [1.165, 1.54) is 0 Å². The number of ether oxygens (including phenoxy) is 5. The zero-order valence-electron chi connectivity index (χ0n) is 23.6. The van der Waals surface area contributed by atoms with E-state index in [-0.39, 0.29) is 11.9 Å². The molecule has 1 saturated heterocycles. The van der Waals surface area contributed by atoms with Crippen LogP contribution >= 0.6 is 0 Å². The molecule has 9 nitrogen and oxygen atoms in total. The van der Waals surface area contributed by atoms with E-state index >= 15 is 0 Å². The number of aliphatic imine (C=N–C) groups is 1. The Balaban J connectivity index is 1.04. The summed E-state index contributed by atoms with van der Waals surface area (Å²) in [5, 5.41) is 0. The summed E-state index contributed by atoms with van der Waals surface area (Å²) in [6, 6.07) is 16.4. The third kappa shape index (κ3) is 6.85. The fourth-order valence-corrected chi connectivity index (χ4v) is 5.01. The van der Waals surface area contributed by atoms with Crippen molar-refractivity contribution >= 4 is 23.5 Å². The molecule has 2 aliphatic rings. The molecule has 1 amide bonds. The fourth-order valence-electron chi connectivity index (χ4n) is 5.01. The minimum Gasteiger partial charge on any atom is -0.497 e. The second kappa shape index (κ2) is 13.3. The average molecular weight is 560 g/mol. The Kier molecular flexibility index (Phi) is 9.13. The van der Waals surface area contributed by atoms with Gasteiger partial charge in [0.05, 0.1) is 50.4 Å². The quantitative estimate of drug-likeness (QED) is 0.190. The fraction of sp³-hybridized carbons (Fsp3) is 0.375. The Labute approximate surface area is 240 Å². The summed E-state index contributed by atoms with van der Waals surface area (Å²) in [4.78, 5) is 19.5. The van der Waals surface area contributed by atoms with E-state index in [1.807, 2.05) is 53.6 Å². The maximum absolute atomic E-state index is 13.0. The number of carbonyl (C=O) groups is 1.